The Morgan fingerprint density at radius 3 is 2.82 bits per heavy atom. The number of rotatable bonds is 5. The maximum atomic E-state index is 11.0. The van der Waals surface area contributed by atoms with E-state index in [4.69, 9.17) is 5.11 Å². The summed E-state index contributed by atoms with van der Waals surface area (Å²) in [7, 11) is 0. The summed E-state index contributed by atoms with van der Waals surface area (Å²) in [6, 6.07) is 6.15. The fourth-order valence-electron chi connectivity index (χ4n) is 1.88. The Hall–Kier alpha value is -0.870. The number of carboxylic acid groups (broad SMARTS) is 1. The molecule has 0 bridgehead atoms. The highest BCUT2D eigenvalue weighted by Crippen LogP contribution is 2.45. The monoisotopic (exact) mass is 297 g/mol. The van der Waals surface area contributed by atoms with Crippen molar-refractivity contribution in [1.29, 1.82) is 0 Å². The molecule has 0 aliphatic heterocycles. The van der Waals surface area contributed by atoms with Gasteiger partial charge in [0.2, 0.25) is 0 Å². The maximum Gasteiger partial charge on any atom is 0.310 e. The van der Waals surface area contributed by atoms with Crippen LogP contribution in [0.3, 0.4) is 0 Å². The molecule has 2 rings (SSSR count). The molecule has 0 spiro atoms. The molecule has 1 saturated carbocycles. The van der Waals surface area contributed by atoms with Crippen molar-refractivity contribution in [1.82, 2.24) is 5.32 Å². The van der Waals surface area contributed by atoms with Gasteiger partial charge in [0, 0.05) is 17.6 Å². The summed E-state index contributed by atoms with van der Waals surface area (Å²) in [5, 5.41) is 12.3. The number of hydrogen-bond donors (Lipinski definition) is 2. The van der Waals surface area contributed by atoms with Crippen LogP contribution in [-0.4, -0.2) is 17.6 Å². The lowest BCUT2D eigenvalue weighted by molar-refractivity contribution is -0.143. The van der Waals surface area contributed by atoms with E-state index in [1.807, 2.05) is 6.07 Å². The third-order valence-electron chi connectivity index (χ3n) is 3.40. The van der Waals surface area contributed by atoms with Gasteiger partial charge in [-0.1, -0.05) is 22.0 Å². The van der Waals surface area contributed by atoms with Crippen LogP contribution in [0.4, 0.5) is 0 Å². The number of hydrogen-bond acceptors (Lipinski definition) is 2. The van der Waals surface area contributed by atoms with Crippen LogP contribution in [0.1, 0.15) is 24.0 Å². The summed E-state index contributed by atoms with van der Waals surface area (Å²) in [5.74, 6) is -0.670. The summed E-state index contributed by atoms with van der Waals surface area (Å²) in [4.78, 5) is 11.0. The van der Waals surface area contributed by atoms with E-state index in [0.29, 0.717) is 6.54 Å². The third kappa shape index (κ3) is 2.87. The zero-order valence-corrected chi connectivity index (χ0v) is 11.4. The summed E-state index contributed by atoms with van der Waals surface area (Å²) >= 11 is 3.44. The Kier molecular flexibility index (Phi) is 3.54. The third-order valence-corrected chi connectivity index (χ3v) is 3.89. The normalized spacial score (nSPS) is 16.8. The molecule has 1 aromatic rings. The molecule has 1 fully saturated rings. The molecular formula is C13H16BrNO2. The van der Waals surface area contributed by atoms with Gasteiger partial charge in [0.25, 0.3) is 0 Å². The van der Waals surface area contributed by atoms with Crippen LogP contribution in [-0.2, 0) is 11.3 Å². The van der Waals surface area contributed by atoms with Crippen LogP contribution < -0.4 is 5.32 Å². The van der Waals surface area contributed by atoms with E-state index in [9.17, 15) is 4.79 Å². The Morgan fingerprint density at radius 2 is 2.24 bits per heavy atom. The predicted octanol–water partition coefficient (Wildman–Crippen LogP) is 2.71. The van der Waals surface area contributed by atoms with Gasteiger partial charge < -0.3 is 10.4 Å². The number of benzene rings is 1. The fraction of sp³-hybridized carbons (Fsp3) is 0.462. The average Bonchev–Trinajstić information content (AvgIpc) is 3.04. The number of nitrogens with one attached hydrogen (secondary N) is 1. The van der Waals surface area contributed by atoms with Crippen molar-refractivity contribution >= 4 is 21.9 Å². The SMILES string of the molecule is Cc1ccc(Br)cc1CNCC1(C(=O)O)CC1. The first-order valence-corrected chi connectivity index (χ1v) is 6.52. The Balaban J connectivity index is 1.90. The van der Waals surface area contributed by atoms with E-state index in [1.165, 1.54) is 11.1 Å². The molecule has 17 heavy (non-hydrogen) atoms. The van der Waals surface area contributed by atoms with Gasteiger partial charge in [0.05, 0.1) is 5.41 Å². The van der Waals surface area contributed by atoms with Crippen molar-refractivity contribution in [3.63, 3.8) is 0 Å². The summed E-state index contributed by atoms with van der Waals surface area (Å²) in [6.45, 7) is 3.35. The van der Waals surface area contributed by atoms with E-state index in [2.05, 4.69) is 40.3 Å². The van der Waals surface area contributed by atoms with Gasteiger partial charge in [-0.2, -0.15) is 0 Å². The lowest BCUT2D eigenvalue weighted by Crippen LogP contribution is -2.29. The van der Waals surface area contributed by atoms with E-state index < -0.39 is 11.4 Å². The Morgan fingerprint density at radius 1 is 1.53 bits per heavy atom. The summed E-state index contributed by atoms with van der Waals surface area (Å²) < 4.78 is 1.05. The van der Waals surface area contributed by atoms with Gasteiger partial charge >= 0.3 is 5.97 Å². The van der Waals surface area contributed by atoms with Crippen LogP contribution in [0.5, 0.6) is 0 Å². The highest BCUT2D eigenvalue weighted by molar-refractivity contribution is 9.10. The van der Waals surface area contributed by atoms with Gasteiger partial charge in [-0.25, -0.2) is 0 Å². The Labute approximate surface area is 109 Å². The minimum absolute atomic E-state index is 0.486. The molecule has 0 atom stereocenters. The molecule has 92 valence electrons. The van der Waals surface area contributed by atoms with Crippen molar-refractivity contribution in [3.05, 3.63) is 33.8 Å². The lowest BCUT2D eigenvalue weighted by atomic mass is 10.1. The number of aryl methyl sites for hydroxylation is 1. The number of halogens is 1. The second-order valence-electron chi connectivity index (χ2n) is 4.76. The number of aliphatic carboxylic acids is 1. The predicted molar refractivity (Wildman–Crippen MR) is 69.9 cm³/mol. The van der Waals surface area contributed by atoms with Gasteiger partial charge in [-0.05, 0) is 43.0 Å². The summed E-state index contributed by atoms with van der Waals surface area (Å²) in [6.07, 6.45) is 1.60. The molecular weight excluding hydrogens is 282 g/mol. The van der Waals surface area contributed by atoms with Crippen molar-refractivity contribution in [3.8, 4) is 0 Å². The van der Waals surface area contributed by atoms with Gasteiger partial charge in [0.1, 0.15) is 0 Å². The number of carbonyl (C=O) groups is 1. The lowest BCUT2D eigenvalue weighted by Gasteiger charge is -2.12. The molecule has 1 aromatic carbocycles. The highest BCUT2D eigenvalue weighted by atomic mass is 79.9. The molecule has 1 aliphatic carbocycles. The quantitative estimate of drug-likeness (QED) is 0.878. The molecule has 0 radical (unpaired) electrons. The van der Waals surface area contributed by atoms with Crippen LogP contribution in [0.15, 0.2) is 22.7 Å². The first-order valence-electron chi connectivity index (χ1n) is 5.73. The standard InChI is InChI=1S/C13H16BrNO2/c1-9-2-3-11(14)6-10(9)7-15-8-13(4-5-13)12(16)17/h2-3,6,15H,4-5,7-8H2,1H3,(H,16,17). The molecule has 2 N–H and O–H groups in total. The fourth-order valence-corrected chi connectivity index (χ4v) is 2.29. The smallest absolute Gasteiger partial charge is 0.310 e. The van der Waals surface area contributed by atoms with Gasteiger partial charge in [-0.15, -0.1) is 0 Å². The molecule has 0 unspecified atom stereocenters. The molecule has 0 saturated heterocycles. The maximum absolute atomic E-state index is 11.0. The van der Waals surface area contributed by atoms with E-state index in [0.717, 1.165) is 23.9 Å². The van der Waals surface area contributed by atoms with E-state index in [-0.39, 0.29) is 0 Å². The zero-order chi connectivity index (χ0) is 12.5. The van der Waals surface area contributed by atoms with Crippen LogP contribution in [0.2, 0.25) is 0 Å². The second kappa shape index (κ2) is 4.78. The molecule has 0 aromatic heterocycles. The minimum Gasteiger partial charge on any atom is -0.481 e. The molecule has 3 nitrogen and oxygen atoms in total. The van der Waals surface area contributed by atoms with Crippen molar-refractivity contribution in [2.24, 2.45) is 5.41 Å². The van der Waals surface area contributed by atoms with Crippen molar-refractivity contribution < 1.29 is 9.90 Å². The molecule has 0 heterocycles. The topological polar surface area (TPSA) is 49.3 Å². The highest BCUT2D eigenvalue weighted by Gasteiger charge is 2.49. The Bertz CT molecular complexity index is 441. The van der Waals surface area contributed by atoms with Crippen molar-refractivity contribution in [2.75, 3.05) is 6.54 Å². The zero-order valence-electron chi connectivity index (χ0n) is 9.79. The van der Waals surface area contributed by atoms with Gasteiger partial charge in [0.15, 0.2) is 0 Å². The van der Waals surface area contributed by atoms with Crippen LogP contribution in [0, 0.1) is 12.3 Å². The first-order chi connectivity index (χ1) is 8.03. The molecule has 1 aliphatic rings. The van der Waals surface area contributed by atoms with Crippen LogP contribution >= 0.6 is 15.9 Å². The molecule has 4 heteroatoms. The molecule has 0 amide bonds. The van der Waals surface area contributed by atoms with Crippen molar-refractivity contribution in [2.45, 2.75) is 26.3 Å². The summed E-state index contributed by atoms with van der Waals surface area (Å²) in [5.41, 5.74) is 1.95. The van der Waals surface area contributed by atoms with E-state index in [1.54, 1.807) is 0 Å². The first kappa shape index (κ1) is 12.6. The van der Waals surface area contributed by atoms with Gasteiger partial charge in [-0.3, -0.25) is 4.79 Å². The van der Waals surface area contributed by atoms with Crippen LogP contribution in [0.25, 0.3) is 0 Å². The second-order valence-corrected chi connectivity index (χ2v) is 5.68. The largest absolute Gasteiger partial charge is 0.481 e. The minimum atomic E-state index is -0.670. The van der Waals surface area contributed by atoms with E-state index >= 15 is 0 Å². The number of carboxylic acids is 1. The average molecular weight is 298 g/mol.